The molecule has 0 aliphatic carbocycles. The van der Waals surface area contributed by atoms with Crippen molar-refractivity contribution in [3.63, 3.8) is 0 Å². The van der Waals surface area contributed by atoms with Gasteiger partial charge in [0.05, 0.1) is 0 Å². The van der Waals surface area contributed by atoms with E-state index < -0.39 is 12.7 Å². The van der Waals surface area contributed by atoms with E-state index in [0.29, 0.717) is 18.2 Å². The van der Waals surface area contributed by atoms with Gasteiger partial charge in [-0.1, -0.05) is 35.8 Å². The van der Waals surface area contributed by atoms with E-state index in [1.807, 2.05) is 12.1 Å². The molecule has 0 heterocycles. The van der Waals surface area contributed by atoms with Crippen LogP contribution in [0.15, 0.2) is 22.7 Å². The average molecular weight is 353 g/mol. The molecule has 0 aromatic heterocycles. The van der Waals surface area contributed by atoms with Crippen molar-refractivity contribution in [1.82, 2.24) is 5.32 Å². The van der Waals surface area contributed by atoms with E-state index in [1.54, 1.807) is 6.07 Å². The topological polar surface area (TPSA) is 15.3 Å². The summed E-state index contributed by atoms with van der Waals surface area (Å²) < 4.78 is 38.3. The normalized spacial score (nSPS) is 12.0. The van der Waals surface area contributed by atoms with E-state index in [1.165, 1.54) is 11.9 Å². The van der Waals surface area contributed by atoms with Crippen molar-refractivity contribution in [1.29, 1.82) is 0 Å². The number of anilines is 1. The lowest BCUT2D eigenvalue weighted by Gasteiger charge is -2.24. The van der Waals surface area contributed by atoms with Crippen molar-refractivity contribution in [2.45, 2.75) is 26.6 Å². The largest absolute Gasteiger partial charge is 0.405 e. The summed E-state index contributed by atoms with van der Waals surface area (Å²) in [6.07, 6.45) is -4.21. The van der Waals surface area contributed by atoms with Gasteiger partial charge in [-0.2, -0.15) is 13.2 Å². The van der Waals surface area contributed by atoms with E-state index in [2.05, 4.69) is 35.1 Å². The van der Waals surface area contributed by atoms with Gasteiger partial charge in [0.2, 0.25) is 0 Å². The molecule has 0 aliphatic heterocycles. The Morgan fingerprint density at radius 1 is 1.30 bits per heavy atom. The Balaban J connectivity index is 2.84. The molecule has 1 N–H and O–H groups in total. The minimum absolute atomic E-state index is 0.502. The molecule has 0 aliphatic rings. The molecule has 0 radical (unpaired) electrons. The lowest BCUT2D eigenvalue weighted by Crippen LogP contribution is -2.32. The Labute approximate surface area is 126 Å². The van der Waals surface area contributed by atoms with Crippen LogP contribution in [0, 0.1) is 5.92 Å². The van der Waals surface area contributed by atoms with Gasteiger partial charge in [0.25, 0.3) is 0 Å². The number of nitrogens with one attached hydrogen (secondary N) is 1. The van der Waals surface area contributed by atoms with Gasteiger partial charge in [-0.15, -0.1) is 0 Å². The third-order valence-electron chi connectivity index (χ3n) is 2.74. The average Bonchev–Trinajstić information content (AvgIpc) is 2.28. The highest BCUT2D eigenvalue weighted by molar-refractivity contribution is 9.10. The molecule has 0 atom stereocenters. The molecule has 0 saturated carbocycles. The highest BCUT2D eigenvalue weighted by Gasteiger charge is 2.30. The number of halogens is 4. The first kappa shape index (κ1) is 17.3. The standard InChI is InChI=1S/C14H20BrF3N2/c1-10(2)7-19-8-11-4-5-12(15)6-13(11)20(3)9-14(16,17)18/h4-6,10,19H,7-9H2,1-3H3. The third kappa shape index (κ3) is 6.13. The Hall–Kier alpha value is -0.750. The molecule has 0 unspecified atom stereocenters. The third-order valence-corrected chi connectivity index (χ3v) is 3.24. The van der Waals surface area contributed by atoms with Gasteiger partial charge in [-0.3, -0.25) is 0 Å². The van der Waals surface area contributed by atoms with Crippen molar-refractivity contribution in [3.8, 4) is 0 Å². The van der Waals surface area contributed by atoms with Gasteiger partial charge >= 0.3 is 6.18 Å². The first-order valence-corrected chi connectivity index (χ1v) is 7.25. The van der Waals surface area contributed by atoms with Gasteiger partial charge in [-0.25, -0.2) is 0 Å². The molecule has 1 aromatic rings. The van der Waals surface area contributed by atoms with E-state index in [0.717, 1.165) is 16.6 Å². The molecular formula is C14H20BrF3N2. The molecule has 114 valence electrons. The summed E-state index contributed by atoms with van der Waals surface area (Å²) in [4.78, 5) is 1.23. The first-order valence-electron chi connectivity index (χ1n) is 6.46. The van der Waals surface area contributed by atoms with Gasteiger partial charge < -0.3 is 10.2 Å². The molecule has 0 fully saturated rings. The van der Waals surface area contributed by atoms with E-state index in [-0.39, 0.29) is 0 Å². The fourth-order valence-electron chi connectivity index (χ4n) is 1.89. The van der Waals surface area contributed by atoms with E-state index in [4.69, 9.17) is 0 Å². The second-order valence-corrected chi connectivity index (χ2v) is 6.18. The Bertz CT molecular complexity index is 433. The van der Waals surface area contributed by atoms with E-state index >= 15 is 0 Å². The van der Waals surface area contributed by atoms with Crippen LogP contribution in [0.5, 0.6) is 0 Å². The Morgan fingerprint density at radius 3 is 2.50 bits per heavy atom. The van der Waals surface area contributed by atoms with Gasteiger partial charge in [0, 0.05) is 23.8 Å². The minimum atomic E-state index is -4.21. The maximum atomic E-state index is 12.5. The molecular weight excluding hydrogens is 333 g/mol. The summed E-state index contributed by atoms with van der Waals surface area (Å²) in [6, 6.07) is 5.41. The summed E-state index contributed by atoms with van der Waals surface area (Å²) in [5.41, 5.74) is 1.45. The lowest BCUT2D eigenvalue weighted by molar-refractivity contribution is -0.119. The number of nitrogens with zero attached hydrogens (tertiary/aromatic N) is 1. The molecule has 0 saturated heterocycles. The zero-order valence-corrected chi connectivity index (χ0v) is 13.5. The second-order valence-electron chi connectivity index (χ2n) is 5.27. The summed E-state index contributed by atoms with van der Waals surface area (Å²) >= 11 is 3.31. The molecule has 2 nitrogen and oxygen atoms in total. The van der Waals surface area contributed by atoms with Crippen LogP contribution >= 0.6 is 15.9 Å². The van der Waals surface area contributed by atoms with E-state index in [9.17, 15) is 13.2 Å². The number of benzene rings is 1. The summed E-state index contributed by atoms with van der Waals surface area (Å²) in [6.45, 7) is 4.61. The van der Waals surface area contributed by atoms with Crippen molar-refractivity contribution >= 4 is 21.6 Å². The van der Waals surface area contributed by atoms with Crippen molar-refractivity contribution < 1.29 is 13.2 Å². The summed E-state index contributed by atoms with van der Waals surface area (Å²) in [5.74, 6) is 0.502. The Kier molecular flexibility index (Phi) is 6.33. The van der Waals surface area contributed by atoms with Crippen LogP contribution in [0.25, 0.3) is 0 Å². The summed E-state index contributed by atoms with van der Waals surface area (Å²) in [5, 5.41) is 3.26. The number of rotatable bonds is 6. The second kappa shape index (κ2) is 7.31. The molecule has 6 heteroatoms. The van der Waals surface area contributed by atoms with Crippen molar-refractivity contribution in [2.75, 3.05) is 25.0 Å². The van der Waals surface area contributed by atoms with Crippen molar-refractivity contribution in [3.05, 3.63) is 28.2 Å². The molecule has 1 aromatic carbocycles. The van der Waals surface area contributed by atoms with Crippen LogP contribution in [0.1, 0.15) is 19.4 Å². The minimum Gasteiger partial charge on any atom is -0.365 e. The smallest absolute Gasteiger partial charge is 0.365 e. The Morgan fingerprint density at radius 2 is 1.95 bits per heavy atom. The first-order chi connectivity index (χ1) is 9.19. The summed E-state index contributed by atoms with van der Waals surface area (Å²) in [7, 11) is 1.46. The quantitative estimate of drug-likeness (QED) is 0.825. The molecule has 20 heavy (non-hydrogen) atoms. The zero-order chi connectivity index (χ0) is 15.3. The van der Waals surface area contributed by atoms with Crippen LogP contribution in [-0.2, 0) is 6.54 Å². The molecule has 0 bridgehead atoms. The molecule has 0 amide bonds. The number of hydrogen-bond donors (Lipinski definition) is 1. The highest BCUT2D eigenvalue weighted by Crippen LogP contribution is 2.27. The van der Waals surface area contributed by atoms with Gasteiger partial charge in [0.15, 0.2) is 0 Å². The van der Waals surface area contributed by atoms with Gasteiger partial charge in [-0.05, 0) is 30.2 Å². The maximum Gasteiger partial charge on any atom is 0.405 e. The van der Waals surface area contributed by atoms with Crippen LogP contribution in [0.4, 0.5) is 18.9 Å². The maximum absolute atomic E-state index is 12.5. The SMILES string of the molecule is CC(C)CNCc1ccc(Br)cc1N(C)CC(F)(F)F. The molecule has 1 rings (SSSR count). The fourth-order valence-corrected chi connectivity index (χ4v) is 2.24. The monoisotopic (exact) mass is 352 g/mol. The number of hydrogen-bond acceptors (Lipinski definition) is 2. The van der Waals surface area contributed by atoms with Gasteiger partial charge in [0.1, 0.15) is 6.54 Å². The lowest BCUT2D eigenvalue weighted by atomic mass is 10.1. The van der Waals surface area contributed by atoms with Crippen LogP contribution in [-0.4, -0.2) is 26.3 Å². The number of alkyl halides is 3. The van der Waals surface area contributed by atoms with Crippen LogP contribution in [0.3, 0.4) is 0 Å². The zero-order valence-electron chi connectivity index (χ0n) is 11.9. The highest BCUT2D eigenvalue weighted by atomic mass is 79.9. The predicted molar refractivity (Wildman–Crippen MR) is 80.0 cm³/mol. The van der Waals surface area contributed by atoms with Crippen LogP contribution < -0.4 is 10.2 Å². The predicted octanol–water partition coefficient (Wildman–Crippen LogP) is 4.19. The molecule has 0 spiro atoms. The van der Waals surface area contributed by atoms with Crippen molar-refractivity contribution in [2.24, 2.45) is 5.92 Å². The fraction of sp³-hybridized carbons (Fsp3) is 0.571. The van der Waals surface area contributed by atoms with Crippen LogP contribution in [0.2, 0.25) is 0 Å².